The van der Waals surface area contributed by atoms with Crippen molar-refractivity contribution < 1.29 is 14.0 Å². The van der Waals surface area contributed by atoms with Crippen molar-refractivity contribution in [3.05, 3.63) is 65.5 Å². The Hall–Kier alpha value is -2.69. The molecule has 4 nitrogen and oxygen atoms in total. The third kappa shape index (κ3) is 3.79. The monoisotopic (exact) mass is 326 g/mol. The molecule has 0 bridgehead atoms. The van der Waals surface area contributed by atoms with Crippen LogP contribution in [0, 0.1) is 5.82 Å². The van der Waals surface area contributed by atoms with Gasteiger partial charge in [-0.2, -0.15) is 0 Å². The molecule has 3 rings (SSSR count). The number of anilines is 1. The summed E-state index contributed by atoms with van der Waals surface area (Å²) in [4.78, 5) is 25.6. The van der Waals surface area contributed by atoms with Gasteiger partial charge in [0.25, 0.3) is 0 Å². The van der Waals surface area contributed by atoms with Gasteiger partial charge < -0.3 is 10.2 Å². The minimum absolute atomic E-state index is 0.0109. The SMILES string of the molecule is O=C(Cc1ccccc1F)NCc1cccc(N2CCCC2=O)c1. The van der Waals surface area contributed by atoms with E-state index in [2.05, 4.69) is 5.32 Å². The molecule has 0 aliphatic carbocycles. The van der Waals surface area contributed by atoms with Gasteiger partial charge in [-0.05, 0) is 35.7 Å². The van der Waals surface area contributed by atoms with E-state index in [-0.39, 0.29) is 24.1 Å². The lowest BCUT2D eigenvalue weighted by molar-refractivity contribution is -0.120. The van der Waals surface area contributed by atoms with Gasteiger partial charge in [0, 0.05) is 25.2 Å². The number of benzene rings is 2. The molecule has 1 saturated heterocycles. The molecule has 124 valence electrons. The molecule has 2 aromatic rings. The fourth-order valence-corrected chi connectivity index (χ4v) is 2.83. The Morgan fingerprint density at radius 1 is 1.17 bits per heavy atom. The predicted molar refractivity (Wildman–Crippen MR) is 90.0 cm³/mol. The van der Waals surface area contributed by atoms with Crippen molar-refractivity contribution in [2.24, 2.45) is 0 Å². The van der Waals surface area contributed by atoms with E-state index in [1.54, 1.807) is 23.1 Å². The van der Waals surface area contributed by atoms with Crippen LogP contribution in [0.3, 0.4) is 0 Å². The van der Waals surface area contributed by atoms with Gasteiger partial charge in [-0.3, -0.25) is 9.59 Å². The topological polar surface area (TPSA) is 49.4 Å². The van der Waals surface area contributed by atoms with Gasteiger partial charge in [0.2, 0.25) is 11.8 Å². The first-order chi connectivity index (χ1) is 11.6. The Kier molecular flexibility index (Phi) is 4.89. The first kappa shape index (κ1) is 16.2. The van der Waals surface area contributed by atoms with Crippen LogP contribution < -0.4 is 10.2 Å². The van der Waals surface area contributed by atoms with E-state index in [1.165, 1.54) is 6.07 Å². The molecule has 24 heavy (non-hydrogen) atoms. The highest BCUT2D eigenvalue weighted by Gasteiger charge is 2.21. The van der Waals surface area contributed by atoms with Crippen molar-refractivity contribution in [1.29, 1.82) is 0 Å². The highest BCUT2D eigenvalue weighted by Crippen LogP contribution is 2.22. The Labute approximate surface area is 140 Å². The van der Waals surface area contributed by atoms with E-state index in [9.17, 15) is 14.0 Å². The van der Waals surface area contributed by atoms with E-state index >= 15 is 0 Å². The van der Waals surface area contributed by atoms with Crippen LogP contribution in [0.2, 0.25) is 0 Å². The van der Waals surface area contributed by atoms with Gasteiger partial charge in [-0.15, -0.1) is 0 Å². The van der Waals surface area contributed by atoms with Gasteiger partial charge in [0.05, 0.1) is 6.42 Å². The smallest absolute Gasteiger partial charge is 0.227 e. The first-order valence-electron chi connectivity index (χ1n) is 8.03. The molecule has 2 aromatic carbocycles. The van der Waals surface area contributed by atoms with Crippen LogP contribution in [0.1, 0.15) is 24.0 Å². The number of hydrogen-bond donors (Lipinski definition) is 1. The molecule has 5 heteroatoms. The lowest BCUT2D eigenvalue weighted by Gasteiger charge is -2.16. The normalized spacial score (nSPS) is 14.0. The number of hydrogen-bond acceptors (Lipinski definition) is 2. The summed E-state index contributed by atoms with van der Waals surface area (Å²) in [5, 5.41) is 2.79. The number of nitrogens with zero attached hydrogens (tertiary/aromatic N) is 1. The summed E-state index contributed by atoms with van der Waals surface area (Å²) in [7, 11) is 0. The summed E-state index contributed by atoms with van der Waals surface area (Å²) < 4.78 is 13.6. The third-order valence-corrected chi connectivity index (χ3v) is 4.09. The maximum Gasteiger partial charge on any atom is 0.227 e. The number of carbonyl (C=O) groups is 2. The molecule has 1 heterocycles. The number of halogens is 1. The van der Waals surface area contributed by atoms with Gasteiger partial charge in [-0.1, -0.05) is 30.3 Å². The average molecular weight is 326 g/mol. The quantitative estimate of drug-likeness (QED) is 0.918. The van der Waals surface area contributed by atoms with Gasteiger partial charge in [-0.25, -0.2) is 4.39 Å². The largest absolute Gasteiger partial charge is 0.352 e. The van der Waals surface area contributed by atoms with Crippen molar-refractivity contribution in [1.82, 2.24) is 5.32 Å². The third-order valence-electron chi connectivity index (χ3n) is 4.09. The Bertz CT molecular complexity index is 761. The van der Waals surface area contributed by atoms with E-state index < -0.39 is 0 Å². The minimum atomic E-state index is -0.373. The molecule has 0 unspecified atom stereocenters. The minimum Gasteiger partial charge on any atom is -0.352 e. The zero-order valence-electron chi connectivity index (χ0n) is 13.3. The van der Waals surface area contributed by atoms with Crippen LogP contribution in [0.25, 0.3) is 0 Å². The maximum atomic E-state index is 13.6. The molecule has 1 N–H and O–H groups in total. The Morgan fingerprint density at radius 2 is 2.00 bits per heavy atom. The number of nitrogens with one attached hydrogen (secondary N) is 1. The predicted octanol–water partition coefficient (Wildman–Crippen LogP) is 2.81. The molecule has 2 amide bonds. The van der Waals surface area contributed by atoms with Crippen LogP contribution >= 0.6 is 0 Å². The molecular weight excluding hydrogens is 307 g/mol. The summed E-state index contributed by atoms with van der Waals surface area (Å²) >= 11 is 0. The fourth-order valence-electron chi connectivity index (χ4n) is 2.83. The lowest BCUT2D eigenvalue weighted by atomic mass is 10.1. The second-order valence-corrected chi connectivity index (χ2v) is 5.86. The Morgan fingerprint density at radius 3 is 2.75 bits per heavy atom. The van der Waals surface area contributed by atoms with Crippen LogP contribution in [-0.2, 0) is 22.6 Å². The van der Waals surface area contributed by atoms with Crippen molar-refractivity contribution >= 4 is 17.5 Å². The van der Waals surface area contributed by atoms with E-state index in [4.69, 9.17) is 0 Å². The van der Waals surface area contributed by atoms with Crippen LogP contribution in [0.5, 0.6) is 0 Å². The molecule has 0 atom stereocenters. The number of carbonyl (C=O) groups excluding carboxylic acids is 2. The zero-order valence-corrected chi connectivity index (χ0v) is 13.3. The fraction of sp³-hybridized carbons (Fsp3) is 0.263. The van der Waals surface area contributed by atoms with Crippen LogP contribution in [-0.4, -0.2) is 18.4 Å². The van der Waals surface area contributed by atoms with Crippen LogP contribution in [0.15, 0.2) is 48.5 Å². The molecule has 1 aliphatic heterocycles. The summed E-state index contributed by atoms with van der Waals surface area (Å²) in [6, 6.07) is 13.8. The number of rotatable bonds is 5. The molecule has 0 radical (unpaired) electrons. The van der Waals surface area contributed by atoms with E-state index in [1.807, 2.05) is 24.3 Å². The highest BCUT2D eigenvalue weighted by atomic mass is 19.1. The lowest BCUT2D eigenvalue weighted by Crippen LogP contribution is -2.26. The van der Waals surface area contributed by atoms with Crippen molar-refractivity contribution in [3.63, 3.8) is 0 Å². The maximum absolute atomic E-state index is 13.6. The van der Waals surface area contributed by atoms with Gasteiger partial charge >= 0.3 is 0 Å². The molecule has 1 aliphatic rings. The molecule has 0 aromatic heterocycles. The molecule has 0 spiro atoms. The molecule has 1 fully saturated rings. The molecule has 0 saturated carbocycles. The summed E-state index contributed by atoms with van der Waals surface area (Å²) in [6.07, 6.45) is 1.48. The van der Waals surface area contributed by atoms with Crippen molar-refractivity contribution in [2.45, 2.75) is 25.8 Å². The zero-order chi connectivity index (χ0) is 16.9. The van der Waals surface area contributed by atoms with E-state index in [0.717, 1.165) is 24.2 Å². The van der Waals surface area contributed by atoms with E-state index in [0.29, 0.717) is 18.5 Å². The number of amides is 2. The summed E-state index contributed by atoms with van der Waals surface area (Å²) in [5.41, 5.74) is 2.15. The Balaban J connectivity index is 1.59. The standard InChI is InChI=1S/C19H19FN2O2/c20-17-8-2-1-6-15(17)12-18(23)21-13-14-5-3-7-16(11-14)22-10-4-9-19(22)24/h1-3,5-8,11H,4,9-10,12-13H2,(H,21,23). The average Bonchev–Trinajstić information content (AvgIpc) is 3.01. The second kappa shape index (κ2) is 7.25. The molecular formula is C19H19FN2O2. The summed E-state index contributed by atoms with van der Waals surface area (Å²) in [6.45, 7) is 1.09. The first-order valence-corrected chi connectivity index (χ1v) is 8.03. The van der Waals surface area contributed by atoms with Crippen molar-refractivity contribution in [3.8, 4) is 0 Å². The van der Waals surface area contributed by atoms with Gasteiger partial charge in [0.15, 0.2) is 0 Å². The van der Waals surface area contributed by atoms with Gasteiger partial charge in [0.1, 0.15) is 5.82 Å². The highest BCUT2D eigenvalue weighted by molar-refractivity contribution is 5.95. The van der Waals surface area contributed by atoms with Crippen molar-refractivity contribution in [2.75, 3.05) is 11.4 Å². The van der Waals surface area contributed by atoms with Crippen LogP contribution in [0.4, 0.5) is 10.1 Å². The second-order valence-electron chi connectivity index (χ2n) is 5.86. The summed E-state index contributed by atoms with van der Waals surface area (Å²) in [5.74, 6) is -0.472.